The van der Waals surface area contributed by atoms with Gasteiger partial charge in [0.15, 0.2) is 0 Å². The van der Waals surface area contributed by atoms with Crippen LogP contribution in [0.25, 0.3) is 6.08 Å². The Morgan fingerprint density at radius 1 is 1.28 bits per heavy atom. The summed E-state index contributed by atoms with van der Waals surface area (Å²) in [6, 6.07) is 5.32. The predicted octanol–water partition coefficient (Wildman–Crippen LogP) is 4.61. The molecule has 6 heteroatoms. The van der Waals surface area contributed by atoms with Crippen molar-refractivity contribution in [3.63, 3.8) is 0 Å². The molecule has 0 radical (unpaired) electrons. The number of nitrogens with zero attached hydrogens (tertiary/aromatic N) is 1. The van der Waals surface area contributed by atoms with E-state index in [-0.39, 0.29) is 11.9 Å². The summed E-state index contributed by atoms with van der Waals surface area (Å²) >= 11 is 12.3. The van der Waals surface area contributed by atoms with Crippen molar-refractivity contribution in [2.75, 3.05) is 7.11 Å². The number of carbonyl (C=O) groups is 2. The third-order valence-electron chi connectivity index (χ3n) is 4.80. The summed E-state index contributed by atoms with van der Waals surface area (Å²) in [6.07, 6.45) is 5.70. The van der Waals surface area contributed by atoms with Crippen LogP contribution in [0.15, 0.2) is 35.0 Å². The fraction of sp³-hybridized carbons (Fsp3) is 0.368. The topological polar surface area (TPSA) is 46.6 Å². The first-order valence-electron chi connectivity index (χ1n) is 8.24. The highest BCUT2D eigenvalue weighted by Gasteiger charge is 2.41. The van der Waals surface area contributed by atoms with Gasteiger partial charge < -0.3 is 9.64 Å². The fourth-order valence-corrected chi connectivity index (χ4v) is 3.95. The molecule has 1 aromatic carbocycles. The minimum atomic E-state index is -0.518. The average molecular weight is 380 g/mol. The van der Waals surface area contributed by atoms with Gasteiger partial charge in [-0.3, -0.25) is 4.79 Å². The first-order valence-corrected chi connectivity index (χ1v) is 9.00. The second-order valence-electron chi connectivity index (χ2n) is 6.27. The Bertz CT molecular complexity index is 792. The molecule has 1 fully saturated rings. The Hall–Kier alpha value is -1.78. The van der Waals surface area contributed by atoms with Crippen molar-refractivity contribution >= 4 is 41.2 Å². The number of hydrogen-bond acceptors (Lipinski definition) is 3. The van der Waals surface area contributed by atoms with Gasteiger partial charge >= 0.3 is 5.97 Å². The van der Waals surface area contributed by atoms with Crippen molar-refractivity contribution in [1.82, 2.24) is 4.90 Å². The van der Waals surface area contributed by atoms with Crippen LogP contribution in [0.2, 0.25) is 10.0 Å². The third kappa shape index (κ3) is 3.21. The summed E-state index contributed by atoms with van der Waals surface area (Å²) < 4.78 is 4.91. The van der Waals surface area contributed by atoms with Crippen molar-refractivity contribution in [2.24, 2.45) is 0 Å². The number of carbonyl (C=O) groups excluding carboxylic acids is 2. The zero-order valence-corrected chi connectivity index (χ0v) is 15.7. The Morgan fingerprint density at radius 2 is 1.96 bits per heavy atom. The predicted molar refractivity (Wildman–Crippen MR) is 98.3 cm³/mol. The van der Waals surface area contributed by atoms with Gasteiger partial charge in [0.1, 0.15) is 0 Å². The number of halogens is 2. The standard InChI is InChI=1S/C19H19Cl2NO3/c1-11-16(19(24)25-2)14(10-12-6-5-9-15(20)17(12)21)18(23)22(11)13-7-3-4-8-13/h5-6,9-10,13H,3-4,7-8H2,1-2H3/b14-10-. The number of benzene rings is 1. The third-order valence-corrected chi connectivity index (χ3v) is 5.64. The van der Waals surface area contributed by atoms with Gasteiger partial charge in [-0.05, 0) is 37.5 Å². The molecule has 25 heavy (non-hydrogen) atoms. The lowest BCUT2D eigenvalue weighted by Crippen LogP contribution is -2.34. The molecular formula is C19H19Cl2NO3. The molecule has 0 aromatic heterocycles. The number of allylic oxidation sites excluding steroid dienone is 1. The molecule has 1 heterocycles. The van der Waals surface area contributed by atoms with Gasteiger partial charge in [0, 0.05) is 11.7 Å². The van der Waals surface area contributed by atoms with Gasteiger partial charge in [0.2, 0.25) is 0 Å². The molecule has 0 saturated heterocycles. The summed E-state index contributed by atoms with van der Waals surface area (Å²) in [5.74, 6) is -0.698. The normalized spacial score (nSPS) is 20.1. The van der Waals surface area contributed by atoms with E-state index in [2.05, 4.69) is 0 Å². The molecule has 0 atom stereocenters. The summed E-state index contributed by atoms with van der Waals surface area (Å²) in [7, 11) is 1.31. The van der Waals surface area contributed by atoms with Gasteiger partial charge in [-0.2, -0.15) is 0 Å². The lowest BCUT2D eigenvalue weighted by Gasteiger charge is -2.25. The number of ether oxygens (including phenoxy) is 1. The molecule has 1 aromatic rings. The maximum atomic E-state index is 13.1. The lowest BCUT2D eigenvalue weighted by molar-refractivity contribution is -0.136. The SMILES string of the molecule is COC(=O)C1=C(C)N(C2CCCC2)C(=O)/C1=C\c1cccc(Cl)c1Cl. The lowest BCUT2D eigenvalue weighted by atomic mass is 10.0. The monoisotopic (exact) mass is 379 g/mol. The van der Waals surface area contributed by atoms with E-state index in [4.69, 9.17) is 27.9 Å². The highest BCUT2D eigenvalue weighted by Crippen LogP contribution is 2.38. The van der Waals surface area contributed by atoms with E-state index in [0.717, 1.165) is 25.7 Å². The molecular weight excluding hydrogens is 361 g/mol. The molecule has 4 nitrogen and oxygen atoms in total. The van der Waals surface area contributed by atoms with Crippen molar-refractivity contribution in [1.29, 1.82) is 0 Å². The van der Waals surface area contributed by atoms with Crippen LogP contribution >= 0.6 is 23.2 Å². The maximum absolute atomic E-state index is 13.1. The highest BCUT2D eigenvalue weighted by atomic mass is 35.5. The van der Waals surface area contributed by atoms with Crippen LogP contribution in [0.1, 0.15) is 38.2 Å². The number of esters is 1. The molecule has 1 aliphatic carbocycles. The van der Waals surface area contributed by atoms with Gasteiger partial charge in [-0.15, -0.1) is 0 Å². The molecule has 1 saturated carbocycles. The van der Waals surface area contributed by atoms with Crippen LogP contribution in [0.5, 0.6) is 0 Å². The van der Waals surface area contributed by atoms with Crippen molar-refractivity contribution < 1.29 is 14.3 Å². The largest absolute Gasteiger partial charge is 0.465 e. The highest BCUT2D eigenvalue weighted by molar-refractivity contribution is 6.43. The van der Waals surface area contributed by atoms with Crippen molar-refractivity contribution in [3.8, 4) is 0 Å². The summed E-state index contributed by atoms with van der Waals surface area (Å²) in [6.45, 7) is 1.79. The Kier molecular flexibility index (Phi) is 5.21. The number of methoxy groups -OCH3 is 1. The van der Waals surface area contributed by atoms with Crippen LogP contribution < -0.4 is 0 Å². The van der Waals surface area contributed by atoms with E-state index in [9.17, 15) is 9.59 Å². The molecule has 2 aliphatic rings. The minimum absolute atomic E-state index is 0.132. The second kappa shape index (κ2) is 7.22. The molecule has 132 valence electrons. The quantitative estimate of drug-likeness (QED) is 0.568. The van der Waals surface area contributed by atoms with Crippen LogP contribution in [0.3, 0.4) is 0 Å². The summed E-state index contributed by atoms with van der Waals surface area (Å²) in [5.41, 5.74) is 1.85. The van der Waals surface area contributed by atoms with E-state index < -0.39 is 5.97 Å². The number of rotatable bonds is 3. The first kappa shape index (κ1) is 18.0. The van der Waals surface area contributed by atoms with Gasteiger partial charge in [0.25, 0.3) is 5.91 Å². The Labute approximate surface area is 157 Å². The van der Waals surface area contributed by atoms with E-state index in [0.29, 0.717) is 32.5 Å². The number of hydrogen-bond donors (Lipinski definition) is 0. The average Bonchev–Trinajstić information content (AvgIpc) is 3.18. The number of amides is 1. The summed E-state index contributed by atoms with van der Waals surface area (Å²) in [4.78, 5) is 27.1. The first-order chi connectivity index (χ1) is 12.0. The summed E-state index contributed by atoms with van der Waals surface area (Å²) in [5, 5.41) is 0.750. The molecule has 0 N–H and O–H groups in total. The zero-order chi connectivity index (χ0) is 18.1. The zero-order valence-electron chi connectivity index (χ0n) is 14.1. The van der Waals surface area contributed by atoms with Crippen LogP contribution in [0, 0.1) is 0 Å². The van der Waals surface area contributed by atoms with Crippen LogP contribution in [0.4, 0.5) is 0 Å². The maximum Gasteiger partial charge on any atom is 0.340 e. The Morgan fingerprint density at radius 3 is 2.60 bits per heavy atom. The van der Waals surface area contributed by atoms with Crippen LogP contribution in [-0.2, 0) is 14.3 Å². The van der Waals surface area contributed by atoms with Crippen molar-refractivity contribution in [2.45, 2.75) is 38.6 Å². The van der Waals surface area contributed by atoms with Crippen LogP contribution in [-0.4, -0.2) is 29.9 Å². The smallest absolute Gasteiger partial charge is 0.340 e. The second-order valence-corrected chi connectivity index (χ2v) is 7.05. The minimum Gasteiger partial charge on any atom is -0.465 e. The molecule has 1 amide bonds. The van der Waals surface area contributed by atoms with Gasteiger partial charge in [-0.25, -0.2) is 4.79 Å². The molecule has 1 aliphatic heterocycles. The molecule has 0 unspecified atom stereocenters. The fourth-order valence-electron chi connectivity index (χ4n) is 3.59. The van der Waals surface area contributed by atoms with Crippen molar-refractivity contribution in [3.05, 3.63) is 50.7 Å². The molecule has 3 rings (SSSR count). The Balaban J connectivity index is 2.10. The van der Waals surface area contributed by atoms with E-state index in [1.165, 1.54) is 7.11 Å². The molecule has 0 bridgehead atoms. The van der Waals surface area contributed by atoms with E-state index in [1.54, 1.807) is 36.1 Å². The van der Waals surface area contributed by atoms with Gasteiger partial charge in [-0.1, -0.05) is 48.2 Å². The van der Waals surface area contributed by atoms with Gasteiger partial charge in [0.05, 0.1) is 28.3 Å². The van der Waals surface area contributed by atoms with E-state index in [1.807, 2.05) is 0 Å². The van der Waals surface area contributed by atoms with E-state index >= 15 is 0 Å². The molecule has 0 spiro atoms.